The molecule has 17 heavy (non-hydrogen) atoms. The molecule has 2 unspecified atom stereocenters. The van der Waals surface area contributed by atoms with Crippen LogP contribution in [0.4, 0.5) is 5.69 Å². The van der Waals surface area contributed by atoms with Gasteiger partial charge in [0.15, 0.2) is 0 Å². The first kappa shape index (κ1) is 11.1. The SMILES string of the molecule is CCCCN1CC2CC1CN2c1ccccc1. The fourth-order valence-corrected chi connectivity index (χ4v) is 3.32. The molecule has 2 heterocycles. The van der Waals surface area contributed by atoms with Crippen molar-refractivity contribution in [3.8, 4) is 0 Å². The summed E-state index contributed by atoms with van der Waals surface area (Å²) in [6.07, 6.45) is 4.05. The lowest BCUT2D eigenvalue weighted by Crippen LogP contribution is -2.46. The summed E-state index contributed by atoms with van der Waals surface area (Å²) in [6, 6.07) is 12.5. The van der Waals surface area contributed by atoms with Crippen molar-refractivity contribution in [2.24, 2.45) is 0 Å². The number of anilines is 1. The molecule has 0 amide bonds. The lowest BCUT2D eigenvalue weighted by atomic mass is 10.2. The molecule has 2 saturated heterocycles. The molecule has 0 aromatic heterocycles. The van der Waals surface area contributed by atoms with E-state index in [1.807, 2.05) is 0 Å². The Morgan fingerprint density at radius 1 is 1.12 bits per heavy atom. The van der Waals surface area contributed by atoms with Gasteiger partial charge < -0.3 is 4.90 Å². The number of para-hydroxylation sites is 1. The number of piperazine rings is 1. The Morgan fingerprint density at radius 3 is 2.59 bits per heavy atom. The minimum absolute atomic E-state index is 0.763. The topological polar surface area (TPSA) is 6.48 Å². The van der Waals surface area contributed by atoms with Crippen LogP contribution in [0.25, 0.3) is 0 Å². The molecule has 0 saturated carbocycles. The molecule has 2 bridgehead atoms. The molecule has 2 aliphatic rings. The minimum atomic E-state index is 0.763. The maximum Gasteiger partial charge on any atom is 0.0433 e. The van der Waals surface area contributed by atoms with Crippen molar-refractivity contribution in [1.29, 1.82) is 0 Å². The third-order valence-electron chi connectivity index (χ3n) is 4.24. The fraction of sp³-hybridized carbons (Fsp3) is 0.600. The Bertz CT molecular complexity index is 362. The van der Waals surface area contributed by atoms with Gasteiger partial charge in [-0.05, 0) is 31.5 Å². The second-order valence-electron chi connectivity index (χ2n) is 5.38. The molecular weight excluding hydrogens is 208 g/mol. The van der Waals surface area contributed by atoms with Crippen molar-refractivity contribution in [2.45, 2.75) is 38.3 Å². The number of hydrogen-bond donors (Lipinski definition) is 0. The van der Waals surface area contributed by atoms with E-state index < -0.39 is 0 Å². The van der Waals surface area contributed by atoms with Gasteiger partial charge in [-0.3, -0.25) is 4.90 Å². The first-order valence-corrected chi connectivity index (χ1v) is 6.94. The molecular formula is C15H22N2. The van der Waals surface area contributed by atoms with Crippen LogP contribution in [0.3, 0.4) is 0 Å². The van der Waals surface area contributed by atoms with Gasteiger partial charge in [-0.15, -0.1) is 0 Å². The number of unbranched alkanes of at least 4 members (excludes halogenated alkanes) is 1. The van der Waals surface area contributed by atoms with E-state index in [-0.39, 0.29) is 0 Å². The Balaban J connectivity index is 1.64. The smallest absolute Gasteiger partial charge is 0.0433 e. The minimum Gasteiger partial charge on any atom is -0.366 e. The van der Waals surface area contributed by atoms with E-state index in [9.17, 15) is 0 Å². The molecule has 92 valence electrons. The third-order valence-corrected chi connectivity index (χ3v) is 4.24. The van der Waals surface area contributed by atoms with Gasteiger partial charge in [-0.2, -0.15) is 0 Å². The van der Waals surface area contributed by atoms with Crippen LogP contribution in [0.2, 0.25) is 0 Å². The van der Waals surface area contributed by atoms with Crippen LogP contribution in [-0.4, -0.2) is 36.6 Å². The highest BCUT2D eigenvalue weighted by Gasteiger charge is 2.42. The summed E-state index contributed by atoms with van der Waals surface area (Å²) in [5.41, 5.74) is 1.41. The number of fused-ring (bicyclic) bond motifs is 2. The van der Waals surface area contributed by atoms with E-state index in [4.69, 9.17) is 0 Å². The number of likely N-dealkylation sites (tertiary alicyclic amines) is 1. The normalized spacial score (nSPS) is 27.9. The van der Waals surface area contributed by atoms with E-state index in [1.165, 1.54) is 44.6 Å². The molecule has 2 nitrogen and oxygen atoms in total. The monoisotopic (exact) mass is 230 g/mol. The van der Waals surface area contributed by atoms with Crippen LogP contribution in [0.1, 0.15) is 26.2 Å². The van der Waals surface area contributed by atoms with Gasteiger partial charge in [-0.1, -0.05) is 31.5 Å². The van der Waals surface area contributed by atoms with Crippen LogP contribution in [0.15, 0.2) is 30.3 Å². The largest absolute Gasteiger partial charge is 0.366 e. The summed E-state index contributed by atoms with van der Waals surface area (Å²) >= 11 is 0. The van der Waals surface area contributed by atoms with Crippen LogP contribution in [0, 0.1) is 0 Å². The Morgan fingerprint density at radius 2 is 1.94 bits per heavy atom. The highest BCUT2D eigenvalue weighted by molar-refractivity contribution is 5.49. The predicted molar refractivity (Wildman–Crippen MR) is 72.5 cm³/mol. The van der Waals surface area contributed by atoms with Crippen molar-refractivity contribution in [1.82, 2.24) is 4.90 Å². The molecule has 0 spiro atoms. The molecule has 0 aliphatic carbocycles. The maximum atomic E-state index is 2.70. The zero-order valence-corrected chi connectivity index (χ0v) is 10.7. The van der Waals surface area contributed by atoms with Crippen molar-refractivity contribution in [3.05, 3.63) is 30.3 Å². The molecule has 3 rings (SSSR count). The van der Waals surface area contributed by atoms with Crippen molar-refractivity contribution >= 4 is 5.69 Å². The average Bonchev–Trinajstić information content (AvgIpc) is 2.97. The molecule has 2 fully saturated rings. The van der Waals surface area contributed by atoms with Gasteiger partial charge in [0.2, 0.25) is 0 Å². The lowest BCUT2D eigenvalue weighted by molar-refractivity contribution is 0.235. The van der Waals surface area contributed by atoms with Gasteiger partial charge in [0.05, 0.1) is 0 Å². The molecule has 2 aliphatic heterocycles. The van der Waals surface area contributed by atoms with E-state index >= 15 is 0 Å². The predicted octanol–water partition coefficient (Wildman–Crippen LogP) is 2.75. The first-order chi connectivity index (χ1) is 8.38. The van der Waals surface area contributed by atoms with Crippen LogP contribution in [0.5, 0.6) is 0 Å². The zero-order chi connectivity index (χ0) is 11.7. The lowest BCUT2D eigenvalue weighted by Gasteiger charge is -2.35. The zero-order valence-electron chi connectivity index (χ0n) is 10.7. The molecule has 0 radical (unpaired) electrons. The maximum absolute atomic E-state index is 2.70. The van der Waals surface area contributed by atoms with E-state index in [0.717, 1.165) is 12.1 Å². The third kappa shape index (κ3) is 2.06. The number of nitrogens with zero attached hydrogens (tertiary/aromatic N) is 2. The quantitative estimate of drug-likeness (QED) is 0.784. The average molecular weight is 230 g/mol. The summed E-state index contributed by atoms with van der Waals surface area (Å²) < 4.78 is 0. The van der Waals surface area contributed by atoms with Gasteiger partial charge in [0.1, 0.15) is 0 Å². The summed E-state index contributed by atoms with van der Waals surface area (Å²) in [5, 5.41) is 0. The van der Waals surface area contributed by atoms with Crippen molar-refractivity contribution < 1.29 is 0 Å². The number of benzene rings is 1. The summed E-state index contributed by atoms with van der Waals surface area (Å²) in [4.78, 5) is 5.31. The number of hydrogen-bond acceptors (Lipinski definition) is 2. The van der Waals surface area contributed by atoms with Gasteiger partial charge in [-0.25, -0.2) is 0 Å². The van der Waals surface area contributed by atoms with Gasteiger partial charge in [0, 0.05) is 30.9 Å². The Kier molecular flexibility index (Phi) is 3.06. The van der Waals surface area contributed by atoms with Crippen LogP contribution < -0.4 is 4.90 Å². The standard InChI is InChI=1S/C15H22N2/c1-2-3-9-16-11-15-10-14(16)12-17(15)13-7-5-4-6-8-13/h4-8,14-15H,2-3,9-12H2,1H3. The number of rotatable bonds is 4. The molecule has 1 aromatic carbocycles. The molecule has 0 N–H and O–H groups in total. The molecule has 2 heteroatoms. The first-order valence-electron chi connectivity index (χ1n) is 6.94. The Hall–Kier alpha value is -1.02. The van der Waals surface area contributed by atoms with E-state index in [2.05, 4.69) is 47.1 Å². The van der Waals surface area contributed by atoms with Crippen LogP contribution >= 0.6 is 0 Å². The summed E-state index contributed by atoms with van der Waals surface area (Å²) in [5.74, 6) is 0. The highest BCUT2D eigenvalue weighted by Crippen LogP contribution is 2.34. The summed E-state index contributed by atoms with van der Waals surface area (Å²) in [6.45, 7) is 6.10. The van der Waals surface area contributed by atoms with E-state index in [0.29, 0.717) is 0 Å². The highest BCUT2D eigenvalue weighted by atomic mass is 15.3. The van der Waals surface area contributed by atoms with Gasteiger partial charge >= 0.3 is 0 Å². The van der Waals surface area contributed by atoms with Gasteiger partial charge in [0.25, 0.3) is 0 Å². The summed E-state index contributed by atoms with van der Waals surface area (Å²) in [7, 11) is 0. The van der Waals surface area contributed by atoms with Crippen molar-refractivity contribution in [2.75, 3.05) is 24.5 Å². The fourth-order valence-electron chi connectivity index (χ4n) is 3.32. The van der Waals surface area contributed by atoms with E-state index in [1.54, 1.807) is 0 Å². The molecule has 1 aromatic rings. The molecule has 2 atom stereocenters. The van der Waals surface area contributed by atoms with Crippen LogP contribution in [-0.2, 0) is 0 Å². The second-order valence-corrected chi connectivity index (χ2v) is 5.38. The second kappa shape index (κ2) is 4.69. The van der Waals surface area contributed by atoms with Crippen molar-refractivity contribution in [3.63, 3.8) is 0 Å². The Labute approximate surface area is 104 Å².